The Bertz CT molecular complexity index is 772. The number of hydrogen-bond acceptors (Lipinski definition) is 6. The van der Waals surface area contributed by atoms with Crippen LogP contribution >= 0.6 is 11.3 Å². The van der Waals surface area contributed by atoms with Crippen LogP contribution < -0.4 is 5.32 Å². The second kappa shape index (κ2) is 13.0. The average Bonchev–Trinajstić information content (AvgIpc) is 3.09. The molecule has 1 saturated heterocycles. The number of aryl methyl sites for hydroxylation is 1. The predicted octanol–water partition coefficient (Wildman–Crippen LogP) is 4.31. The predicted molar refractivity (Wildman–Crippen MR) is 126 cm³/mol. The molecule has 5 nitrogen and oxygen atoms in total. The Morgan fingerprint density at radius 3 is 2.58 bits per heavy atom. The van der Waals surface area contributed by atoms with E-state index in [1.165, 1.54) is 36.1 Å². The zero-order chi connectivity index (χ0) is 21.9. The van der Waals surface area contributed by atoms with Crippen LogP contribution in [0.15, 0.2) is 42.5 Å². The maximum Gasteiger partial charge on any atom is 0.326 e. The Morgan fingerprint density at radius 2 is 1.87 bits per heavy atom. The summed E-state index contributed by atoms with van der Waals surface area (Å²) >= 11 is 1.60. The number of aliphatic hydroxyl groups is 1. The average molecular weight is 445 g/mol. The smallest absolute Gasteiger partial charge is 0.326 e. The SMILES string of the molecule is CCOC(=O)C(NCCCc1ccccc1)C(O)c1ccc(CN2CCCCCC2)s1. The van der Waals surface area contributed by atoms with Crippen LogP contribution in [-0.4, -0.2) is 48.3 Å². The van der Waals surface area contributed by atoms with Crippen molar-refractivity contribution in [3.63, 3.8) is 0 Å². The number of carbonyl (C=O) groups is 1. The minimum Gasteiger partial charge on any atom is -0.465 e. The summed E-state index contributed by atoms with van der Waals surface area (Å²) in [5, 5.41) is 14.2. The van der Waals surface area contributed by atoms with Crippen molar-refractivity contribution in [3.05, 3.63) is 57.8 Å². The van der Waals surface area contributed by atoms with Crippen molar-refractivity contribution >= 4 is 17.3 Å². The normalized spacial score (nSPS) is 17.1. The number of hydrogen-bond donors (Lipinski definition) is 2. The fraction of sp³-hybridized carbons (Fsp3) is 0.560. The zero-order valence-electron chi connectivity index (χ0n) is 18.6. The highest BCUT2D eigenvalue weighted by Gasteiger charge is 2.30. The van der Waals surface area contributed by atoms with Crippen molar-refractivity contribution in [3.8, 4) is 0 Å². The van der Waals surface area contributed by atoms with Gasteiger partial charge in [-0.1, -0.05) is 43.2 Å². The van der Waals surface area contributed by atoms with E-state index in [1.54, 1.807) is 18.3 Å². The van der Waals surface area contributed by atoms with Crippen LogP contribution in [0.3, 0.4) is 0 Å². The Morgan fingerprint density at radius 1 is 1.13 bits per heavy atom. The van der Waals surface area contributed by atoms with Gasteiger partial charge in [-0.25, -0.2) is 0 Å². The summed E-state index contributed by atoms with van der Waals surface area (Å²) in [6.45, 7) is 5.95. The van der Waals surface area contributed by atoms with Crippen LogP contribution in [0, 0.1) is 0 Å². The molecular formula is C25H36N2O3S. The van der Waals surface area contributed by atoms with E-state index >= 15 is 0 Å². The minimum absolute atomic E-state index is 0.304. The first-order valence-corrected chi connectivity index (χ1v) is 12.4. The molecule has 31 heavy (non-hydrogen) atoms. The molecule has 2 atom stereocenters. The lowest BCUT2D eigenvalue weighted by atomic mass is 10.1. The van der Waals surface area contributed by atoms with Gasteiger partial charge in [0.25, 0.3) is 0 Å². The molecule has 1 fully saturated rings. The molecule has 0 aliphatic carbocycles. The molecule has 1 aliphatic heterocycles. The molecule has 2 aromatic rings. The molecule has 170 valence electrons. The number of ether oxygens (including phenoxy) is 1. The van der Waals surface area contributed by atoms with Gasteiger partial charge in [0.1, 0.15) is 12.1 Å². The van der Waals surface area contributed by atoms with Gasteiger partial charge in [0.15, 0.2) is 0 Å². The standard InChI is InChI=1S/C25H36N2O3S/c1-2-30-25(29)23(26-16-10-13-20-11-6-5-7-12-20)24(28)22-15-14-21(31-22)19-27-17-8-3-4-9-18-27/h5-7,11-12,14-15,23-24,26,28H,2-4,8-10,13,16-19H2,1H3. The molecule has 0 saturated carbocycles. The Balaban J connectivity index is 1.56. The topological polar surface area (TPSA) is 61.8 Å². The van der Waals surface area contributed by atoms with Crippen molar-refractivity contribution in [1.29, 1.82) is 0 Å². The van der Waals surface area contributed by atoms with E-state index in [1.807, 2.05) is 24.3 Å². The highest BCUT2D eigenvalue weighted by Crippen LogP contribution is 2.28. The summed E-state index contributed by atoms with van der Waals surface area (Å²) in [5.74, 6) is -0.392. The number of carbonyl (C=O) groups excluding carboxylic acids is 1. The fourth-order valence-corrected chi connectivity index (χ4v) is 5.15. The number of benzene rings is 1. The van der Waals surface area contributed by atoms with E-state index in [-0.39, 0.29) is 0 Å². The third kappa shape index (κ3) is 7.72. The lowest BCUT2D eigenvalue weighted by molar-refractivity contribution is -0.148. The highest BCUT2D eigenvalue weighted by atomic mass is 32.1. The maximum absolute atomic E-state index is 12.5. The van der Waals surface area contributed by atoms with Crippen LogP contribution in [0.4, 0.5) is 0 Å². The van der Waals surface area contributed by atoms with Crippen molar-refractivity contribution in [2.24, 2.45) is 0 Å². The number of aliphatic hydroxyl groups excluding tert-OH is 1. The molecular weight excluding hydrogens is 408 g/mol. The van der Waals surface area contributed by atoms with E-state index in [9.17, 15) is 9.90 Å². The molecule has 0 spiro atoms. The van der Waals surface area contributed by atoms with Crippen LogP contribution in [0.5, 0.6) is 0 Å². The van der Waals surface area contributed by atoms with Gasteiger partial charge in [0, 0.05) is 16.3 Å². The molecule has 1 aromatic carbocycles. The van der Waals surface area contributed by atoms with E-state index < -0.39 is 18.1 Å². The van der Waals surface area contributed by atoms with Crippen molar-refractivity contribution in [1.82, 2.24) is 10.2 Å². The third-order valence-corrected chi connectivity index (χ3v) is 6.90. The quantitative estimate of drug-likeness (QED) is 0.399. The second-order valence-electron chi connectivity index (χ2n) is 8.21. The molecule has 2 unspecified atom stereocenters. The highest BCUT2D eigenvalue weighted by molar-refractivity contribution is 7.12. The van der Waals surface area contributed by atoms with Gasteiger partial charge in [-0.3, -0.25) is 9.69 Å². The number of nitrogens with one attached hydrogen (secondary N) is 1. The molecule has 0 bridgehead atoms. The van der Waals surface area contributed by atoms with Crippen LogP contribution in [0.25, 0.3) is 0 Å². The summed E-state index contributed by atoms with van der Waals surface area (Å²) in [7, 11) is 0. The van der Waals surface area contributed by atoms with Crippen LogP contribution in [-0.2, 0) is 22.5 Å². The molecule has 2 heterocycles. The number of esters is 1. The fourth-order valence-electron chi connectivity index (χ4n) is 4.07. The second-order valence-corrected chi connectivity index (χ2v) is 9.41. The zero-order valence-corrected chi connectivity index (χ0v) is 19.4. The summed E-state index contributed by atoms with van der Waals surface area (Å²) in [6, 6.07) is 13.6. The molecule has 0 radical (unpaired) electrons. The summed E-state index contributed by atoms with van der Waals surface area (Å²) in [5.41, 5.74) is 1.27. The first-order chi connectivity index (χ1) is 15.2. The van der Waals surface area contributed by atoms with E-state index in [0.29, 0.717) is 13.2 Å². The van der Waals surface area contributed by atoms with Gasteiger partial charge < -0.3 is 15.2 Å². The molecule has 1 aromatic heterocycles. The molecule has 2 N–H and O–H groups in total. The lowest BCUT2D eigenvalue weighted by Crippen LogP contribution is -2.43. The molecule has 1 aliphatic rings. The van der Waals surface area contributed by atoms with Gasteiger partial charge in [-0.2, -0.15) is 0 Å². The van der Waals surface area contributed by atoms with Gasteiger partial charge in [0.05, 0.1) is 6.61 Å². The monoisotopic (exact) mass is 444 g/mol. The third-order valence-electron chi connectivity index (χ3n) is 5.76. The van der Waals surface area contributed by atoms with Crippen molar-refractivity contribution < 1.29 is 14.6 Å². The first kappa shape index (κ1) is 23.9. The van der Waals surface area contributed by atoms with Crippen molar-refractivity contribution in [2.75, 3.05) is 26.2 Å². The lowest BCUT2D eigenvalue weighted by Gasteiger charge is -2.22. The van der Waals surface area contributed by atoms with Gasteiger partial charge in [-0.15, -0.1) is 11.3 Å². The van der Waals surface area contributed by atoms with E-state index in [4.69, 9.17) is 4.74 Å². The van der Waals surface area contributed by atoms with Gasteiger partial charge in [-0.05, 0) is 69.9 Å². The Labute approximate surface area is 190 Å². The minimum atomic E-state index is -0.904. The van der Waals surface area contributed by atoms with Crippen LogP contribution in [0.1, 0.15) is 60.4 Å². The number of nitrogens with zero attached hydrogens (tertiary/aromatic N) is 1. The molecule has 6 heteroatoms. The largest absolute Gasteiger partial charge is 0.465 e. The molecule has 3 rings (SSSR count). The maximum atomic E-state index is 12.5. The number of likely N-dealkylation sites (tertiary alicyclic amines) is 1. The summed E-state index contributed by atoms with van der Waals surface area (Å²) in [4.78, 5) is 17.1. The summed E-state index contributed by atoms with van der Waals surface area (Å²) in [6.07, 6.45) is 6.08. The number of thiophene rings is 1. The first-order valence-electron chi connectivity index (χ1n) is 11.6. The Hall–Kier alpha value is -1.73. The van der Waals surface area contributed by atoms with E-state index in [2.05, 4.69) is 28.4 Å². The number of rotatable bonds is 11. The molecule has 0 amide bonds. The Kier molecular flexibility index (Phi) is 10.0. The van der Waals surface area contributed by atoms with Crippen molar-refractivity contribution in [2.45, 2.75) is 64.1 Å². The van der Waals surface area contributed by atoms with E-state index in [0.717, 1.165) is 37.4 Å². The summed E-state index contributed by atoms with van der Waals surface area (Å²) < 4.78 is 5.24. The van der Waals surface area contributed by atoms with Gasteiger partial charge >= 0.3 is 5.97 Å². The van der Waals surface area contributed by atoms with Crippen LogP contribution in [0.2, 0.25) is 0 Å². The van der Waals surface area contributed by atoms with Gasteiger partial charge in [0.2, 0.25) is 0 Å².